The van der Waals surface area contributed by atoms with E-state index in [0.717, 1.165) is 30.8 Å². The van der Waals surface area contributed by atoms with Crippen molar-refractivity contribution < 1.29 is 13.9 Å². The lowest BCUT2D eigenvalue weighted by Gasteiger charge is -2.17. The molecule has 0 saturated carbocycles. The van der Waals surface area contributed by atoms with E-state index in [4.69, 9.17) is 9.47 Å². The fourth-order valence-electron chi connectivity index (χ4n) is 1.85. The average Bonchev–Trinajstić information content (AvgIpc) is 2.45. The number of benzene rings is 1. The summed E-state index contributed by atoms with van der Waals surface area (Å²) in [6.45, 7) is 7.67. The Morgan fingerprint density at radius 3 is 2.65 bits per heavy atom. The first-order valence-corrected chi connectivity index (χ1v) is 7.28. The minimum atomic E-state index is -0.200. The number of aryl methyl sites for hydroxylation is 1. The summed E-state index contributed by atoms with van der Waals surface area (Å²) < 4.78 is 24.9. The van der Waals surface area contributed by atoms with Gasteiger partial charge in [0, 0.05) is 18.2 Å². The minimum Gasteiger partial charge on any atom is -0.491 e. The van der Waals surface area contributed by atoms with Gasteiger partial charge in [-0.3, -0.25) is 0 Å². The van der Waals surface area contributed by atoms with Crippen LogP contribution in [-0.4, -0.2) is 26.9 Å². The molecule has 0 aliphatic carbocycles. The van der Waals surface area contributed by atoms with Gasteiger partial charge in [0.15, 0.2) is 0 Å². The number of hydrogen-bond acceptors (Lipinski definition) is 3. The monoisotopic (exact) mass is 283 g/mol. The quantitative estimate of drug-likeness (QED) is 0.702. The van der Waals surface area contributed by atoms with E-state index < -0.39 is 0 Å². The lowest BCUT2D eigenvalue weighted by atomic mass is 10.0. The van der Waals surface area contributed by atoms with Gasteiger partial charge in [0.1, 0.15) is 18.2 Å². The van der Waals surface area contributed by atoms with Crippen LogP contribution in [0.4, 0.5) is 4.39 Å². The van der Waals surface area contributed by atoms with Crippen molar-refractivity contribution in [3.63, 3.8) is 0 Å². The van der Waals surface area contributed by atoms with Crippen LogP contribution in [0.25, 0.3) is 0 Å². The molecule has 1 N–H and O–H groups in total. The highest BCUT2D eigenvalue weighted by Gasteiger charge is 2.13. The molecule has 1 aromatic rings. The molecular formula is C16H26FNO2. The average molecular weight is 283 g/mol. The second kappa shape index (κ2) is 8.93. The van der Waals surface area contributed by atoms with E-state index in [2.05, 4.69) is 12.2 Å². The summed E-state index contributed by atoms with van der Waals surface area (Å²) in [6.07, 6.45) is 2.19. The summed E-state index contributed by atoms with van der Waals surface area (Å²) in [5.74, 6) is 0.526. The van der Waals surface area contributed by atoms with Crippen LogP contribution in [-0.2, 0) is 4.74 Å². The summed E-state index contributed by atoms with van der Waals surface area (Å²) in [4.78, 5) is 0. The highest BCUT2D eigenvalue weighted by atomic mass is 19.1. The van der Waals surface area contributed by atoms with Gasteiger partial charge in [-0.2, -0.15) is 0 Å². The minimum absolute atomic E-state index is 0.0427. The molecule has 0 heterocycles. The third-order valence-corrected chi connectivity index (χ3v) is 3.32. The third-order valence-electron chi connectivity index (χ3n) is 3.32. The highest BCUT2D eigenvalue weighted by molar-refractivity contribution is 5.40. The lowest BCUT2D eigenvalue weighted by Crippen LogP contribution is -2.16. The van der Waals surface area contributed by atoms with Gasteiger partial charge in [0.25, 0.3) is 0 Å². The second-order valence-corrected chi connectivity index (χ2v) is 4.96. The summed E-state index contributed by atoms with van der Waals surface area (Å²) in [5.41, 5.74) is 1.43. The van der Waals surface area contributed by atoms with E-state index >= 15 is 0 Å². The fourth-order valence-corrected chi connectivity index (χ4v) is 1.85. The number of halogens is 1. The Morgan fingerprint density at radius 2 is 2.00 bits per heavy atom. The molecule has 0 fully saturated rings. The molecule has 0 bridgehead atoms. The normalized spacial score (nSPS) is 12.4. The van der Waals surface area contributed by atoms with Crippen molar-refractivity contribution in [3.05, 3.63) is 29.1 Å². The molecule has 20 heavy (non-hydrogen) atoms. The predicted molar refractivity (Wildman–Crippen MR) is 79.8 cm³/mol. The first kappa shape index (κ1) is 16.9. The van der Waals surface area contributed by atoms with E-state index in [-0.39, 0.29) is 11.9 Å². The molecule has 1 atom stereocenters. The van der Waals surface area contributed by atoms with Gasteiger partial charge >= 0.3 is 0 Å². The van der Waals surface area contributed by atoms with Crippen LogP contribution in [0.5, 0.6) is 5.75 Å². The Kier molecular flexibility index (Phi) is 7.55. The molecule has 1 rings (SSSR count). The number of unbranched alkanes of at least 4 members (excludes halogenated alkanes) is 1. The van der Waals surface area contributed by atoms with Crippen LogP contribution in [0.2, 0.25) is 0 Å². The second-order valence-electron chi connectivity index (χ2n) is 4.96. The van der Waals surface area contributed by atoms with Crippen molar-refractivity contribution in [2.75, 3.05) is 26.9 Å². The van der Waals surface area contributed by atoms with E-state index in [1.165, 1.54) is 0 Å². The maximum atomic E-state index is 13.7. The zero-order valence-electron chi connectivity index (χ0n) is 13.0. The Bertz CT molecular complexity index is 410. The van der Waals surface area contributed by atoms with E-state index in [0.29, 0.717) is 18.8 Å². The van der Waals surface area contributed by atoms with Gasteiger partial charge in [-0.25, -0.2) is 4.39 Å². The summed E-state index contributed by atoms with van der Waals surface area (Å²) in [7, 11) is 1.85. The molecule has 1 aromatic carbocycles. The lowest BCUT2D eigenvalue weighted by molar-refractivity contribution is 0.0975. The van der Waals surface area contributed by atoms with E-state index in [1.54, 1.807) is 19.1 Å². The summed E-state index contributed by atoms with van der Waals surface area (Å²) in [6, 6.07) is 3.34. The summed E-state index contributed by atoms with van der Waals surface area (Å²) in [5, 5.41) is 3.11. The molecule has 0 saturated heterocycles. The zero-order valence-corrected chi connectivity index (χ0v) is 13.0. The maximum Gasteiger partial charge on any atom is 0.126 e. The van der Waals surface area contributed by atoms with Crippen molar-refractivity contribution >= 4 is 0 Å². The van der Waals surface area contributed by atoms with Gasteiger partial charge in [-0.1, -0.05) is 13.3 Å². The fraction of sp³-hybridized carbons (Fsp3) is 0.625. The molecule has 0 aliphatic heterocycles. The van der Waals surface area contributed by atoms with E-state index in [1.807, 2.05) is 14.0 Å². The van der Waals surface area contributed by atoms with Gasteiger partial charge in [0.05, 0.1) is 6.61 Å². The number of ether oxygens (including phenoxy) is 2. The van der Waals surface area contributed by atoms with Crippen LogP contribution in [0, 0.1) is 12.7 Å². The Hall–Kier alpha value is -1.13. The van der Waals surface area contributed by atoms with Crippen molar-refractivity contribution in [1.29, 1.82) is 0 Å². The maximum absolute atomic E-state index is 13.7. The Balaban J connectivity index is 2.61. The van der Waals surface area contributed by atoms with Crippen LogP contribution in [0.1, 0.15) is 43.9 Å². The third kappa shape index (κ3) is 5.10. The molecule has 1 unspecified atom stereocenters. The molecular weight excluding hydrogens is 257 g/mol. The number of nitrogens with one attached hydrogen (secondary N) is 1. The van der Waals surface area contributed by atoms with Crippen molar-refractivity contribution in [1.82, 2.24) is 5.32 Å². The molecule has 0 radical (unpaired) electrons. The molecule has 0 aliphatic rings. The van der Waals surface area contributed by atoms with E-state index in [9.17, 15) is 4.39 Å². The number of rotatable bonds is 9. The van der Waals surface area contributed by atoms with Crippen LogP contribution < -0.4 is 10.1 Å². The largest absolute Gasteiger partial charge is 0.491 e. The van der Waals surface area contributed by atoms with Crippen molar-refractivity contribution in [2.45, 2.75) is 39.7 Å². The van der Waals surface area contributed by atoms with Crippen molar-refractivity contribution in [2.24, 2.45) is 0 Å². The van der Waals surface area contributed by atoms with Gasteiger partial charge in [0.2, 0.25) is 0 Å². The highest BCUT2D eigenvalue weighted by Crippen LogP contribution is 2.28. The number of hydrogen-bond donors (Lipinski definition) is 1. The van der Waals surface area contributed by atoms with Gasteiger partial charge in [-0.05, 0) is 45.0 Å². The summed E-state index contributed by atoms with van der Waals surface area (Å²) >= 11 is 0. The topological polar surface area (TPSA) is 30.5 Å². The van der Waals surface area contributed by atoms with Crippen LogP contribution >= 0.6 is 0 Å². The molecule has 0 aromatic heterocycles. The molecule has 0 amide bonds. The Morgan fingerprint density at radius 1 is 1.25 bits per heavy atom. The van der Waals surface area contributed by atoms with Crippen LogP contribution in [0.3, 0.4) is 0 Å². The first-order chi connectivity index (χ1) is 9.60. The SMILES string of the molecule is CCCCOCCOc1cc(C)c(F)cc1C(C)NC. The van der Waals surface area contributed by atoms with Crippen molar-refractivity contribution in [3.8, 4) is 5.75 Å². The Labute approximate surface area is 121 Å². The predicted octanol–water partition coefficient (Wildman–Crippen LogP) is 3.61. The zero-order chi connectivity index (χ0) is 15.0. The van der Waals surface area contributed by atoms with Gasteiger partial charge < -0.3 is 14.8 Å². The first-order valence-electron chi connectivity index (χ1n) is 7.28. The van der Waals surface area contributed by atoms with Gasteiger partial charge in [-0.15, -0.1) is 0 Å². The molecule has 114 valence electrons. The molecule has 4 heteroatoms. The molecule has 3 nitrogen and oxygen atoms in total. The van der Waals surface area contributed by atoms with Crippen LogP contribution in [0.15, 0.2) is 12.1 Å². The standard InChI is InChI=1S/C16H26FNO2/c1-5-6-7-19-8-9-20-16-10-12(2)15(17)11-14(16)13(3)18-4/h10-11,13,18H,5-9H2,1-4H3. The smallest absolute Gasteiger partial charge is 0.126 e. The molecule has 0 spiro atoms.